The van der Waals surface area contributed by atoms with E-state index in [0.717, 1.165) is 0 Å². The Bertz CT molecular complexity index is 320. The van der Waals surface area contributed by atoms with Crippen LogP contribution in [0, 0.1) is 0 Å². The summed E-state index contributed by atoms with van der Waals surface area (Å²) in [6.45, 7) is 0. The van der Waals surface area contributed by atoms with Crippen LogP contribution in [-0.2, 0) is 0 Å². The minimum absolute atomic E-state index is 0.339. The molecule has 0 bridgehead atoms. The largest absolute Gasteiger partial charge is 0.324 e. The van der Waals surface area contributed by atoms with Crippen molar-refractivity contribution < 1.29 is 8.78 Å². The van der Waals surface area contributed by atoms with E-state index in [9.17, 15) is 8.78 Å². The topological polar surface area (TPSA) is 26.0 Å². The highest BCUT2D eigenvalue weighted by molar-refractivity contribution is 9.10. The maximum Gasteiger partial charge on any atom is 0.240 e. The molecule has 1 nitrogen and oxygen atoms in total. The van der Waals surface area contributed by atoms with E-state index in [4.69, 9.17) is 17.3 Å². The molecule has 1 aromatic rings. The monoisotopic (exact) mass is 283 g/mol. The number of halogens is 4. The number of rotatable bonds is 3. The second-order valence-corrected chi connectivity index (χ2v) is 4.17. The van der Waals surface area contributed by atoms with Crippen molar-refractivity contribution in [2.24, 2.45) is 5.73 Å². The van der Waals surface area contributed by atoms with Crippen molar-refractivity contribution in [3.05, 3.63) is 33.3 Å². The van der Waals surface area contributed by atoms with E-state index in [1.807, 2.05) is 0 Å². The molecule has 14 heavy (non-hydrogen) atoms. The fourth-order valence-electron chi connectivity index (χ4n) is 1.07. The highest BCUT2D eigenvalue weighted by Gasteiger charge is 2.13. The quantitative estimate of drug-likeness (QED) is 0.898. The van der Waals surface area contributed by atoms with Gasteiger partial charge in [-0.3, -0.25) is 0 Å². The van der Waals surface area contributed by atoms with Crippen LogP contribution >= 0.6 is 27.5 Å². The third-order valence-electron chi connectivity index (χ3n) is 1.80. The van der Waals surface area contributed by atoms with Crippen LogP contribution in [0.15, 0.2) is 22.7 Å². The summed E-state index contributed by atoms with van der Waals surface area (Å²) in [7, 11) is 0. The van der Waals surface area contributed by atoms with E-state index in [2.05, 4.69) is 15.9 Å². The average Bonchev–Trinajstić information content (AvgIpc) is 2.08. The molecule has 0 heterocycles. The Morgan fingerprint density at radius 2 is 2.07 bits per heavy atom. The van der Waals surface area contributed by atoms with Crippen molar-refractivity contribution >= 4 is 27.5 Å². The van der Waals surface area contributed by atoms with Crippen molar-refractivity contribution in [2.75, 3.05) is 0 Å². The van der Waals surface area contributed by atoms with Gasteiger partial charge in [0.2, 0.25) is 6.43 Å². The lowest BCUT2D eigenvalue weighted by atomic mass is 10.1. The summed E-state index contributed by atoms with van der Waals surface area (Å²) in [4.78, 5) is 0. The highest BCUT2D eigenvalue weighted by Crippen LogP contribution is 2.27. The molecule has 0 saturated carbocycles. The number of alkyl halides is 2. The maximum atomic E-state index is 12.0. The third kappa shape index (κ3) is 3.19. The van der Waals surface area contributed by atoms with Crippen LogP contribution in [0.4, 0.5) is 8.78 Å². The molecule has 5 heteroatoms. The molecule has 0 aliphatic rings. The molecule has 0 aliphatic heterocycles. The van der Waals surface area contributed by atoms with Gasteiger partial charge in [-0.1, -0.05) is 17.7 Å². The average molecular weight is 285 g/mol. The first kappa shape index (κ1) is 11.9. The minimum atomic E-state index is -2.39. The Morgan fingerprint density at radius 3 is 2.57 bits per heavy atom. The van der Waals surface area contributed by atoms with Crippen LogP contribution < -0.4 is 5.73 Å². The summed E-state index contributed by atoms with van der Waals surface area (Å²) in [6.07, 6.45) is -2.73. The van der Waals surface area contributed by atoms with Gasteiger partial charge in [0.25, 0.3) is 0 Å². The van der Waals surface area contributed by atoms with Crippen molar-refractivity contribution in [1.29, 1.82) is 0 Å². The predicted octanol–water partition coefficient (Wildman–Crippen LogP) is 3.76. The fraction of sp³-hybridized carbons (Fsp3) is 0.333. The summed E-state index contributed by atoms with van der Waals surface area (Å²) >= 11 is 8.96. The SMILES string of the molecule is N[C@@H](CC(F)F)c1ccc(Cl)c(Br)c1. The van der Waals surface area contributed by atoms with Gasteiger partial charge in [0.15, 0.2) is 0 Å². The van der Waals surface area contributed by atoms with Gasteiger partial charge in [-0.05, 0) is 33.6 Å². The third-order valence-corrected chi connectivity index (χ3v) is 3.02. The predicted molar refractivity (Wildman–Crippen MR) is 56.7 cm³/mol. The van der Waals surface area contributed by atoms with Gasteiger partial charge in [0.1, 0.15) is 0 Å². The van der Waals surface area contributed by atoms with Crippen molar-refractivity contribution in [3.8, 4) is 0 Å². The number of hydrogen-bond donors (Lipinski definition) is 1. The van der Waals surface area contributed by atoms with E-state index in [1.165, 1.54) is 0 Å². The highest BCUT2D eigenvalue weighted by atomic mass is 79.9. The lowest BCUT2D eigenvalue weighted by Crippen LogP contribution is -2.13. The van der Waals surface area contributed by atoms with Gasteiger partial charge in [-0.15, -0.1) is 0 Å². The van der Waals surface area contributed by atoms with Crippen molar-refractivity contribution in [2.45, 2.75) is 18.9 Å². The van der Waals surface area contributed by atoms with Gasteiger partial charge in [0, 0.05) is 16.9 Å². The Balaban J connectivity index is 2.80. The summed E-state index contributed by atoms with van der Waals surface area (Å²) in [5.74, 6) is 0. The van der Waals surface area contributed by atoms with Crippen LogP contribution in [0.5, 0.6) is 0 Å². The van der Waals surface area contributed by atoms with Gasteiger partial charge < -0.3 is 5.73 Å². The van der Waals surface area contributed by atoms with Gasteiger partial charge >= 0.3 is 0 Å². The van der Waals surface area contributed by atoms with Crippen LogP contribution in [0.2, 0.25) is 5.02 Å². The molecule has 0 saturated heterocycles. The Hall–Kier alpha value is -0.190. The van der Waals surface area contributed by atoms with Crippen LogP contribution in [-0.4, -0.2) is 6.43 Å². The normalized spacial score (nSPS) is 13.3. The van der Waals surface area contributed by atoms with Crippen LogP contribution in [0.3, 0.4) is 0 Å². The zero-order valence-electron chi connectivity index (χ0n) is 7.18. The van der Waals surface area contributed by atoms with E-state index < -0.39 is 12.5 Å². The zero-order valence-corrected chi connectivity index (χ0v) is 9.52. The summed E-state index contributed by atoms with van der Waals surface area (Å²) in [5, 5.41) is 0.540. The molecule has 0 spiro atoms. The first-order chi connectivity index (χ1) is 6.50. The molecule has 1 rings (SSSR count). The second-order valence-electron chi connectivity index (χ2n) is 2.91. The molecule has 0 radical (unpaired) electrons. The first-order valence-corrected chi connectivity index (χ1v) is 5.16. The van der Waals surface area contributed by atoms with Crippen LogP contribution in [0.1, 0.15) is 18.0 Å². The fourth-order valence-corrected chi connectivity index (χ4v) is 1.59. The lowest BCUT2D eigenvalue weighted by Gasteiger charge is -2.11. The number of nitrogens with two attached hydrogens (primary N) is 1. The molecular formula is C9H9BrClF2N. The van der Waals surface area contributed by atoms with E-state index in [0.29, 0.717) is 15.1 Å². The molecule has 78 valence electrons. The van der Waals surface area contributed by atoms with Crippen molar-refractivity contribution in [3.63, 3.8) is 0 Å². The Labute approximate surface area is 94.4 Å². The van der Waals surface area contributed by atoms with E-state index in [-0.39, 0.29) is 6.42 Å². The van der Waals surface area contributed by atoms with E-state index >= 15 is 0 Å². The molecule has 0 unspecified atom stereocenters. The molecule has 0 aromatic heterocycles. The van der Waals surface area contributed by atoms with Gasteiger partial charge in [-0.25, -0.2) is 8.78 Å². The minimum Gasteiger partial charge on any atom is -0.324 e. The zero-order chi connectivity index (χ0) is 10.7. The molecule has 1 aromatic carbocycles. The smallest absolute Gasteiger partial charge is 0.240 e. The summed E-state index contributed by atoms with van der Waals surface area (Å²) in [5.41, 5.74) is 6.23. The summed E-state index contributed by atoms with van der Waals surface area (Å²) in [6, 6.07) is 4.30. The molecule has 1 atom stereocenters. The number of hydrogen-bond acceptors (Lipinski definition) is 1. The Kier molecular flexibility index (Phi) is 4.29. The number of benzene rings is 1. The van der Waals surface area contributed by atoms with Crippen molar-refractivity contribution in [1.82, 2.24) is 0 Å². The molecule has 0 fully saturated rings. The Morgan fingerprint density at radius 1 is 1.43 bits per heavy atom. The van der Waals surface area contributed by atoms with E-state index in [1.54, 1.807) is 18.2 Å². The molecule has 0 aliphatic carbocycles. The summed E-state index contributed by atoms with van der Waals surface area (Å²) < 4.78 is 24.7. The first-order valence-electron chi connectivity index (χ1n) is 3.99. The lowest BCUT2D eigenvalue weighted by molar-refractivity contribution is 0.128. The van der Waals surface area contributed by atoms with Gasteiger partial charge in [0.05, 0.1) is 5.02 Å². The van der Waals surface area contributed by atoms with Gasteiger partial charge in [-0.2, -0.15) is 0 Å². The maximum absolute atomic E-state index is 12.0. The van der Waals surface area contributed by atoms with Crippen LogP contribution in [0.25, 0.3) is 0 Å². The molecule has 0 amide bonds. The second kappa shape index (κ2) is 5.05. The standard InChI is InChI=1S/C9H9BrClF2N/c10-6-3-5(1-2-7(6)11)8(14)4-9(12)13/h1-3,8-9H,4,14H2/t8-/m0/s1. The molecular weight excluding hydrogens is 275 g/mol. The molecule has 2 N–H and O–H groups in total.